The number of nitrogens with one attached hydrogen (secondary N) is 1. The molecule has 0 saturated carbocycles. The highest BCUT2D eigenvalue weighted by Crippen LogP contribution is 2.30. The summed E-state index contributed by atoms with van der Waals surface area (Å²) in [5.74, 6) is 0.821. The molecule has 1 fully saturated rings. The number of aromatic nitrogens is 4. The maximum atomic E-state index is 12.5. The first-order chi connectivity index (χ1) is 13.5. The summed E-state index contributed by atoms with van der Waals surface area (Å²) in [6, 6.07) is 8.31. The summed E-state index contributed by atoms with van der Waals surface area (Å²) in [4.78, 5) is 33.6. The molecule has 1 aromatic carbocycles. The van der Waals surface area contributed by atoms with E-state index >= 15 is 0 Å². The van der Waals surface area contributed by atoms with Crippen LogP contribution in [0, 0.1) is 23.0 Å². The summed E-state index contributed by atoms with van der Waals surface area (Å²) in [5, 5.41) is 18.1. The second kappa shape index (κ2) is 7.06. The quantitative estimate of drug-likeness (QED) is 0.531. The molecular weight excluding hydrogens is 362 g/mol. The summed E-state index contributed by atoms with van der Waals surface area (Å²) in [6.07, 6.45) is 4.90. The average molecular weight is 379 g/mol. The van der Waals surface area contributed by atoms with Crippen molar-refractivity contribution in [3.8, 4) is 5.82 Å². The first-order valence-electron chi connectivity index (χ1n) is 8.65. The zero-order valence-corrected chi connectivity index (χ0v) is 15.0. The third-order valence-electron chi connectivity index (χ3n) is 4.65. The van der Waals surface area contributed by atoms with Gasteiger partial charge in [0.05, 0.1) is 10.8 Å². The smallest absolute Gasteiger partial charge is 0.293 e. The van der Waals surface area contributed by atoms with E-state index in [2.05, 4.69) is 20.4 Å². The molecule has 3 aromatic rings. The monoisotopic (exact) mass is 379 g/mol. The van der Waals surface area contributed by atoms with E-state index < -0.39 is 4.92 Å². The number of hydrogen-bond donors (Lipinski definition) is 1. The molecule has 1 N–H and O–H groups in total. The topological polar surface area (TPSA) is 119 Å². The number of nitro groups is 1. The number of rotatable bonds is 5. The SMILES string of the molecule is Cc1cccc([N+](=O)[O-])c1NC(=O)C1CN(c2cc(-n3cccn3)ncn2)C1. The second-order valence-corrected chi connectivity index (χ2v) is 6.50. The van der Waals surface area contributed by atoms with Gasteiger partial charge in [-0.1, -0.05) is 12.1 Å². The Morgan fingerprint density at radius 1 is 1.25 bits per heavy atom. The fraction of sp³-hybridized carbons (Fsp3) is 0.222. The molecule has 0 radical (unpaired) electrons. The van der Waals surface area contributed by atoms with E-state index in [-0.39, 0.29) is 23.2 Å². The fourth-order valence-electron chi connectivity index (χ4n) is 3.06. The van der Waals surface area contributed by atoms with Crippen LogP contribution >= 0.6 is 0 Å². The number of carbonyl (C=O) groups excluding carboxylic acids is 1. The molecule has 1 aliphatic heterocycles. The van der Waals surface area contributed by atoms with E-state index in [4.69, 9.17) is 0 Å². The van der Waals surface area contributed by atoms with Crippen LogP contribution in [0.1, 0.15) is 5.56 Å². The second-order valence-electron chi connectivity index (χ2n) is 6.50. The Balaban J connectivity index is 1.43. The van der Waals surface area contributed by atoms with Crippen LogP contribution in [-0.2, 0) is 4.79 Å². The molecular formula is C18H17N7O3. The molecule has 0 unspecified atom stereocenters. The molecule has 142 valence electrons. The van der Waals surface area contributed by atoms with Gasteiger partial charge in [-0.25, -0.2) is 14.6 Å². The number of benzene rings is 1. The summed E-state index contributed by atoms with van der Waals surface area (Å²) in [7, 11) is 0. The van der Waals surface area contributed by atoms with Crippen molar-refractivity contribution < 1.29 is 9.72 Å². The standard InChI is InChI=1S/C18H17N7O3/c1-12-4-2-5-14(25(27)28)17(12)22-18(26)13-9-23(10-13)15-8-16(20-11-19-15)24-7-3-6-21-24/h2-8,11,13H,9-10H2,1H3,(H,22,26). The normalized spacial score (nSPS) is 13.8. The molecule has 10 nitrogen and oxygen atoms in total. The molecule has 10 heteroatoms. The Kier molecular flexibility index (Phi) is 4.44. The lowest BCUT2D eigenvalue weighted by Crippen LogP contribution is -2.52. The summed E-state index contributed by atoms with van der Waals surface area (Å²) >= 11 is 0. The van der Waals surface area contributed by atoms with Gasteiger partial charge in [0.2, 0.25) is 5.91 Å². The van der Waals surface area contributed by atoms with Crippen molar-refractivity contribution in [1.82, 2.24) is 19.7 Å². The molecule has 1 aliphatic rings. The number of nitro benzene ring substituents is 1. The summed E-state index contributed by atoms with van der Waals surface area (Å²) in [6.45, 7) is 2.68. The Morgan fingerprint density at radius 2 is 2.04 bits per heavy atom. The van der Waals surface area contributed by atoms with Crippen molar-refractivity contribution >= 4 is 23.1 Å². The van der Waals surface area contributed by atoms with Crippen molar-refractivity contribution in [3.05, 3.63) is 64.7 Å². The molecule has 2 aromatic heterocycles. The van der Waals surface area contributed by atoms with Crippen LogP contribution in [0.5, 0.6) is 0 Å². The van der Waals surface area contributed by atoms with Gasteiger partial charge in [-0.15, -0.1) is 0 Å². The van der Waals surface area contributed by atoms with Crippen LogP contribution in [0.4, 0.5) is 17.2 Å². The van der Waals surface area contributed by atoms with Gasteiger partial charge in [0.15, 0.2) is 5.82 Å². The van der Waals surface area contributed by atoms with Crippen LogP contribution in [-0.4, -0.2) is 43.7 Å². The lowest BCUT2D eigenvalue weighted by atomic mass is 9.98. The van der Waals surface area contributed by atoms with Crippen LogP contribution in [0.2, 0.25) is 0 Å². The highest BCUT2D eigenvalue weighted by Gasteiger charge is 2.34. The molecule has 3 heterocycles. The number of hydrogen-bond acceptors (Lipinski definition) is 7. The van der Waals surface area contributed by atoms with E-state index in [0.717, 1.165) is 0 Å². The van der Waals surface area contributed by atoms with Crippen molar-refractivity contribution in [2.45, 2.75) is 6.92 Å². The zero-order chi connectivity index (χ0) is 19.7. The molecule has 1 amide bonds. The number of anilines is 2. The Labute approximate surface area is 160 Å². The predicted octanol–water partition coefficient (Wildman–Crippen LogP) is 1.95. The lowest BCUT2D eigenvalue weighted by molar-refractivity contribution is -0.384. The van der Waals surface area contributed by atoms with Gasteiger partial charge in [0, 0.05) is 37.6 Å². The average Bonchev–Trinajstić information content (AvgIpc) is 3.17. The number of nitrogens with zero attached hydrogens (tertiary/aromatic N) is 6. The van der Waals surface area contributed by atoms with Crippen molar-refractivity contribution in [1.29, 1.82) is 0 Å². The maximum absolute atomic E-state index is 12.5. The Bertz CT molecular complexity index is 1030. The third kappa shape index (κ3) is 3.27. The maximum Gasteiger partial charge on any atom is 0.293 e. The predicted molar refractivity (Wildman–Crippen MR) is 101 cm³/mol. The lowest BCUT2D eigenvalue weighted by Gasteiger charge is -2.39. The van der Waals surface area contributed by atoms with Gasteiger partial charge in [0.25, 0.3) is 5.69 Å². The first kappa shape index (κ1) is 17.6. The minimum Gasteiger partial charge on any atom is -0.355 e. The van der Waals surface area contributed by atoms with Crippen LogP contribution in [0.3, 0.4) is 0 Å². The molecule has 0 bridgehead atoms. The Morgan fingerprint density at radius 3 is 2.75 bits per heavy atom. The van der Waals surface area contributed by atoms with Crippen LogP contribution in [0.25, 0.3) is 5.82 Å². The highest BCUT2D eigenvalue weighted by atomic mass is 16.6. The molecule has 0 aliphatic carbocycles. The van der Waals surface area contributed by atoms with Crippen molar-refractivity contribution in [2.24, 2.45) is 5.92 Å². The van der Waals surface area contributed by atoms with Gasteiger partial charge in [-0.05, 0) is 18.6 Å². The molecule has 4 rings (SSSR count). The number of aryl methyl sites for hydroxylation is 1. The molecule has 0 atom stereocenters. The van der Waals surface area contributed by atoms with Crippen molar-refractivity contribution in [2.75, 3.05) is 23.3 Å². The minimum absolute atomic E-state index is 0.107. The van der Waals surface area contributed by atoms with E-state index in [1.54, 1.807) is 48.3 Å². The number of amides is 1. The number of para-hydroxylation sites is 1. The van der Waals surface area contributed by atoms with Crippen LogP contribution in [0.15, 0.2) is 49.1 Å². The van der Waals surface area contributed by atoms with Gasteiger partial charge in [0.1, 0.15) is 17.8 Å². The van der Waals surface area contributed by atoms with E-state index in [1.165, 1.54) is 12.4 Å². The minimum atomic E-state index is -0.493. The number of carbonyl (C=O) groups is 1. The van der Waals surface area contributed by atoms with Gasteiger partial charge < -0.3 is 10.2 Å². The van der Waals surface area contributed by atoms with Crippen LogP contribution < -0.4 is 10.2 Å². The van der Waals surface area contributed by atoms with Crippen molar-refractivity contribution in [3.63, 3.8) is 0 Å². The first-order valence-corrected chi connectivity index (χ1v) is 8.65. The molecule has 28 heavy (non-hydrogen) atoms. The van der Waals surface area contributed by atoms with E-state index in [0.29, 0.717) is 30.3 Å². The molecule has 1 saturated heterocycles. The Hall–Kier alpha value is -3.82. The fourth-order valence-corrected chi connectivity index (χ4v) is 3.06. The van der Waals surface area contributed by atoms with Gasteiger partial charge in [-0.2, -0.15) is 5.10 Å². The summed E-state index contributed by atoms with van der Waals surface area (Å²) in [5.41, 5.74) is 0.793. The summed E-state index contributed by atoms with van der Waals surface area (Å²) < 4.78 is 1.63. The third-order valence-corrected chi connectivity index (χ3v) is 4.65. The largest absolute Gasteiger partial charge is 0.355 e. The van der Waals surface area contributed by atoms with Gasteiger partial charge in [-0.3, -0.25) is 14.9 Å². The zero-order valence-electron chi connectivity index (χ0n) is 15.0. The van der Waals surface area contributed by atoms with E-state index in [1.807, 2.05) is 4.90 Å². The highest BCUT2D eigenvalue weighted by molar-refractivity contribution is 5.97. The van der Waals surface area contributed by atoms with Gasteiger partial charge >= 0.3 is 0 Å². The van der Waals surface area contributed by atoms with E-state index in [9.17, 15) is 14.9 Å². The molecule has 0 spiro atoms.